The molecule has 2 heterocycles. The highest BCUT2D eigenvalue weighted by Gasteiger charge is 2.38. The Morgan fingerprint density at radius 3 is 1.94 bits per heavy atom. The molecule has 0 bridgehead atoms. The highest BCUT2D eigenvalue weighted by molar-refractivity contribution is 6.13. The molecule has 0 aliphatic carbocycles. The number of ether oxygens (including phenoxy) is 5. The molecule has 4 rings (SSSR count). The lowest BCUT2D eigenvalue weighted by molar-refractivity contribution is -0.140. The van der Waals surface area contributed by atoms with E-state index >= 15 is 4.39 Å². The molecule has 85 heavy (non-hydrogen) atoms. The van der Waals surface area contributed by atoms with Gasteiger partial charge in [0.05, 0.1) is 64.6 Å². The third kappa shape index (κ3) is 25.5. The zero-order valence-electron chi connectivity index (χ0n) is 50.3. The van der Waals surface area contributed by atoms with E-state index in [0.29, 0.717) is 31.9 Å². The molecule has 0 saturated heterocycles. The Bertz CT molecular complexity index is 2660. The summed E-state index contributed by atoms with van der Waals surface area (Å²) < 4.78 is 58.9. The second-order valence-corrected chi connectivity index (χ2v) is 22.6. The third-order valence-electron chi connectivity index (χ3n) is 13.0. The van der Waals surface area contributed by atoms with E-state index in [0.717, 1.165) is 28.7 Å². The van der Waals surface area contributed by atoms with Crippen LogP contribution in [0, 0.1) is 23.0 Å². The van der Waals surface area contributed by atoms with Crippen molar-refractivity contribution in [1.29, 1.82) is 0 Å². The molecule has 1 aliphatic heterocycles. The largest absolute Gasteiger partial charge is 0.444 e. The van der Waals surface area contributed by atoms with Gasteiger partial charge in [-0.2, -0.15) is 0 Å². The lowest BCUT2D eigenvalue weighted by Gasteiger charge is -2.40. The van der Waals surface area contributed by atoms with Gasteiger partial charge >= 0.3 is 6.09 Å². The molecule has 0 radical (unpaired) electrons. The number of hydrogen-bond donors (Lipinski definition) is 6. The fourth-order valence-electron chi connectivity index (χ4n) is 8.88. The summed E-state index contributed by atoms with van der Waals surface area (Å²) in [6.07, 6.45) is 4.43. The number of imide groups is 1. The Morgan fingerprint density at radius 1 is 0.706 bits per heavy atom. The Kier molecular flexibility index (Phi) is 29.7. The highest BCUT2D eigenvalue weighted by Crippen LogP contribution is 2.39. The molecule has 6 N–H and O–H groups in total. The average Bonchev–Trinajstić information content (AvgIpc) is 2.54. The van der Waals surface area contributed by atoms with E-state index < -0.39 is 94.8 Å². The number of rotatable bonds is 38. The molecule has 8 amide bonds. The lowest BCUT2D eigenvalue weighted by Crippen LogP contribution is -2.55. The van der Waals surface area contributed by atoms with Crippen LogP contribution < -0.4 is 26.6 Å². The summed E-state index contributed by atoms with van der Waals surface area (Å²) in [6, 6.07) is 9.58. The van der Waals surface area contributed by atoms with Gasteiger partial charge in [-0.1, -0.05) is 65.0 Å². The predicted molar refractivity (Wildman–Crippen MR) is 310 cm³/mol. The second-order valence-electron chi connectivity index (χ2n) is 22.6. The lowest BCUT2D eigenvalue weighted by atomic mass is 9.84. The van der Waals surface area contributed by atoms with Crippen molar-refractivity contribution in [1.82, 2.24) is 45.9 Å². The summed E-state index contributed by atoms with van der Waals surface area (Å²) in [5, 5.41) is 24.1. The molecule has 470 valence electrons. The molecule has 0 saturated carbocycles. The summed E-state index contributed by atoms with van der Waals surface area (Å²) in [5.74, 6) is -4.78. The minimum atomic E-state index is -1.08. The van der Waals surface area contributed by atoms with Crippen molar-refractivity contribution in [3.63, 3.8) is 0 Å². The molecule has 25 heteroatoms. The first kappa shape index (κ1) is 70.3. The molecule has 0 spiro atoms. The van der Waals surface area contributed by atoms with Gasteiger partial charge in [-0.05, 0) is 81.5 Å². The van der Waals surface area contributed by atoms with Crippen LogP contribution >= 0.6 is 0 Å². The Balaban J connectivity index is 1.28. The summed E-state index contributed by atoms with van der Waals surface area (Å²) in [7, 11) is 0. The normalized spacial score (nSPS) is 13.6. The van der Waals surface area contributed by atoms with Crippen LogP contribution in [0.5, 0.6) is 0 Å². The van der Waals surface area contributed by atoms with Crippen molar-refractivity contribution in [2.24, 2.45) is 11.3 Å². The quantitative estimate of drug-likeness (QED) is 0.0340. The number of imidazole rings is 1. The molecule has 1 aliphatic rings. The summed E-state index contributed by atoms with van der Waals surface area (Å²) >= 11 is 0. The Hall–Kier alpha value is -7.19. The number of benzene rings is 2. The molecule has 3 atom stereocenters. The van der Waals surface area contributed by atoms with Crippen LogP contribution in [0.3, 0.4) is 0 Å². The molecule has 3 aromatic rings. The van der Waals surface area contributed by atoms with E-state index in [1.807, 2.05) is 51.1 Å². The van der Waals surface area contributed by atoms with Gasteiger partial charge < -0.3 is 64.8 Å². The van der Waals surface area contributed by atoms with Crippen LogP contribution in [0.25, 0.3) is 11.3 Å². The number of alkyl carbamates (subject to hydrolysis) is 1. The van der Waals surface area contributed by atoms with E-state index in [2.05, 4.69) is 26.6 Å². The maximum atomic E-state index is 15.2. The number of halogens is 2. The number of nitrogens with one attached hydrogen (secondary N) is 5. The van der Waals surface area contributed by atoms with Crippen molar-refractivity contribution >= 4 is 47.4 Å². The van der Waals surface area contributed by atoms with Gasteiger partial charge in [-0.3, -0.25) is 38.5 Å². The van der Waals surface area contributed by atoms with E-state index in [-0.39, 0.29) is 122 Å². The number of amides is 8. The number of aliphatic hydroxyl groups is 1. The van der Waals surface area contributed by atoms with Crippen LogP contribution in [0.1, 0.15) is 111 Å². The fourth-order valence-corrected chi connectivity index (χ4v) is 8.88. The van der Waals surface area contributed by atoms with Gasteiger partial charge in [0.25, 0.3) is 11.8 Å². The molecule has 23 nitrogen and oxygen atoms in total. The molecular formula is C60H87F2N9O14. The van der Waals surface area contributed by atoms with Crippen molar-refractivity contribution in [2.45, 2.75) is 124 Å². The molecule has 0 fully saturated rings. The number of carbonyl (C=O) groups is 8. The van der Waals surface area contributed by atoms with E-state index in [1.165, 1.54) is 17.1 Å². The molecule has 2 aromatic carbocycles. The monoisotopic (exact) mass is 1200 g/mol. The van der Waals surface area contributed by atoms with Crippen LogP contribution in [0.15, 0.2) is 66.9 Å². The van der Waals surface area contributed by atoms with Gasteiger partial charge in [-0.25, -0.2) is 18.6 Å². The van der Waals surface area contributed by atoms with E-state index in [4.69, 9.17) is 28.7 Å². The Labute approximate surface area is 496 Å². The number of unbranched alkanes of at least 4 members (excludes halogenated alkanes) is 1. The van der Waals surface area contributed by atoms with E-state index in [9.17, 15) is 47.9 Å². The zero-order chi connectivity index (χ0) is 62.5. The molecular weight excluding hydrogens is 1110 g/mol. The van der Waals surface area contributed by atoms with Crippen LogP contribution in [0.2, 0.25) is 0 Å². The number of carbonyl (C=O) groups excluding carboxylic acids is 8. The topological polar surface area (TPSA) is 287 Å². The van der Waals surface area contributed by atoms with Crippen molar-refractivity contribution in [3.05, 3.63) is 89.9 Å². The van der Waals surface area contributed by atoms with Gasteiger partial charge in [0.2, 0.25) is 29.5 Å². The van der Waals surface area contributed by atoms with Gasteiger partial charge in [0, 0.05) is 76.0 Å². The fraction of sp³-hybridized carbons (Fsp3) is 0.583. The van der Waals surface area contributed by atoms with Gasteiger partial charge in [0.1, 0.15) is 41.8 Å². The number of hydrogen-bond acceptors (Lipinski definition) is 15. The van der Waals surface area contributed by atoms with Gasteiger partial charge in [0.15, 0.2) is 0 Å². The highest BCUT2D eigenvalue weighted by atomic mass is 19.1. The zero-order valence-corrected chi connectivity index (χ0v) is 50.3. The maximum absolute atomic E-state index is 15.2. The first-order chi connectivity index (χ1) is 40.4. The number of aliphatic hydroxyl groups excluding tert-OH is 1. The first-order valence-electron chi connectivity index (χ1n) is 28.8. The number of aromatic nitrogens is 2. The number of nitrogens with zero attached hydrogens (tertiary/aromatic N) is 4. The Morgan fingerprint density at radius 2 is 1.33 bits per heavy atom. The second kappa shape index (κ2) is 36.0. The first-order valence-corrected chi connectivity index (χ1v) is 28.8. The van der Waals surface area contributed by atoms with Gasteiger partial charge in [-0.15, -0.1) is 0 Å². The molecule has 3 unspecified atom stereocenters. The minimum Gasteiger partial charge on any atom is -0.444 e. The van der Waals surface area contributed by atoms with Crippen LogP contribution in [-0.4, -0.2) is 182 Å². The standard InChI is InChI=1S/C60H87F2N9O14/c1-41(2)53(68-49(74)23-29-81-31-33-83-35-36-84-34-32-82-30-26-63-48(73)22-28-70-50(75)20-21-51(70)76)57(79)67-46(17-12-13-24-65-58(80)85-60(6,7)8)56(78)64-25-14-27-71(52(77)40-72)54(59(3,4)5)55-66-47(44-37-43(61)18-19-45(44)62)39-69(55)38-42-15-10-9-11-16-42/h9-11,15-16,18-21,37,39,41,46,53-54,72H,12-14,17,22-36,38,40H2,1-8H3,(H,63,73)(H,64,78)(H,65,80)(H,67,79)(H,68,74). The SMILES string of the molecule is CC(C)C(NC(=O)CCOCCOCCOCCOCCNC(=O)CCN1C(=O)C=CC1=O)C(=O)NC(CCCCNC(=O)OC(C)(C)C)C(=O)NCCCN(C(=O)CO)C(c1nc(-c2cc(F)ccc2F)cn1Cc1ccccc1)C(C)(C)C. The summed E-state index contributed by atoms with van der Waals surface area (Å²) in [5.41, 5.74) is -0.487. The smallest absolute Gasteiger partial charge is 0.407 e. The van der Waals surface area contributed by atoms with Crippen LogP contribution in [0.4, 0.5) is 13.6 Å². The maximum Gasteiger partial charge on any atom is 0.407 e. The molecule has 1 aromatic heterocycles. The van der Waals surface area contributed by atoms with Crippen molar-refractivity contribution in [2.75, 3.05) is 92.2 Å². The predicted octanol–water partition coefficient (Wildman–Crippen LogP) is 4.50. The van der Waals surface area contributed by atoms with Crippen molar-refractivity contribution in [3.8, 4) is 11.3 Å². The third-order valence-corrected chi connectivity index (χ3v) is 13.0. The summed E-state index contributed by atoms with van der Waals surface area (Å²) in [6.45, 7) is 16.2. The average molecular weight is 1200 g/mol. The van der Waals surface area contributed by atoms with Crippen molar-refractivity contribution < 1.29 is 75.9 Å². The summed E-state index contributed by atoms with van der Waals surface area (Å²) in [4.78, 5) is 110. The van der Waals surface area contributed by atoms with E-state index in [1.54, 1.807) is 45.4 Å². The van der Waals surface area contributed by atoms with Crippen LogP contribution in [-0.2, 0) is 63.8 Å². The minimum absolute atomic E-state index is 0.00583.